The molecule has 3 aromatic rings. The predicted octanol–water partition coefficient (Wildman–Crippen LogP) is 2.46. The van der Waals surface area contributed by atoms with Crippen molar-refractivity contribution in [3.8, 4) is 5.75 Å². The summed E-state index contributed by atoms with van der Waals surface area (Å²) in [5, 5.41) is 2.85. The van der Waals surface area contributed by atoms with E-state index >= 15 is 0 Å². The number of pyridine rings is 1. The standard InChI is InChI=1S/C21H22N4O4/c1-2-29-17-9-4-3-7-15(17)22-20(26)18-16-8-5-6-10-25(16)19(23-18)21(27)24-11-13-28-14-12-24/h3-10H,2,11-14H2,1H3,(H,22,26). The van der Waals surface area contributed by atoms with Gasteiger partial charge in [-0.2, -0.15) is 0 Å². The van der Waals surface area contributed by atoms with Crippen molar-refractivity contribution in [2.24, 2.45) is 0 Å². The number of fused-ring (bicyclic) bond motifs is 1. The lowest BCUT2D eigenvalue weighted by molar-refractivity contribution is 0.0294. The summed E-state index contributed by atoms with van der Waals surface area (Å²) in [4.78, 5) is 32.1. The Morgan fingerprint density at radius 3 is 2.69 bits per heavy atom. The van der Waals surface area contributed by atoms with Crippen LogP contribution in [0.4, 0.5) is 5.69 Å². The van der Waals surface area contributed by atoms with Crippen LogP contribution in [0.2, 0.25) is 0 Å². The van der Waals surface area contributed by atoms with E-state index in [2.05, 4.69) is 10.3 Å². The van der Waals surface area contributed by atoms with Crippen molar-refractivity contribution in [1.29, 1.82) is 0 Å². The molecule has 1 saturated heterocycles. The zero-order valence-corrected chi connectivity index (χ0v) is 16.1. The van der Waals surface area contributed by atoms with Crippen LogP contribution in [0.1, 0.15) is 28.0 Å². The highest BCUT2D eigenvalue weighted by molar-refractivity contribution is 6.09. The summed E-state index contributed by atoms with van der Waals surface area (Å²) < 4.78 is 12.5. The third-order valence-corrected chi connectivity index (χ3v) is 4.69. The molecule has 150 valence electrons. The van der Waals surface area contributed by atoms with Crippen LogP contribution in [-0.4, -0.2) is 59.0 Å². The molecular weight excluding hydrogens is 372 g/mol. The number of nitrogens with zero attached hydrogens (tertiary/aromatic N) is 3. The van der Waals surface area contributed by atoms with Crippen LogP contribution in [0, 0.1) is 0 Å². The maximum Gasteiger partial charge on any atom is 0.290 e. The highest BCUT2D eigenvalue weighted by atomic mass is 16.5. The molecule has 8 heteroatoms. The minimum atomic E-state index is -0.401. The van der Waals surface area contributed by atoms with Crippen LogP contribution < -0.4 is 10.1 Å². The normalized spacial score (nSPS) is 14.0. The minimum absolute atomic E-state index is 0.188. The topological polar surface area (TPSA) is 85.2 Å². The van der Waals surface area contributed by atoms with Gasteiger partial charge in [0.25, 0.3) is 11.8 Å². The van der Waals surface area contributed by atoms with Crippen molar-refractivity contribution in [3.63, 3.8) is 0 Å². The van der Waals surface area contributed by atoms with E-state index in [1.165, 1.54) is 0 Å². The molecule has 1 aromatic carbocycles. The Kier molecular flexibility index (Phi) is 5.44. The molecule has 4 rings (SSSR count). The van der Waals surface area contributed by atoms with E-state index in [0.717, 1.165) is 0 Å². The number of para-hydroxylation sites is 2. The number of ether oxygens (including phenoxy) is 2. The zero-order valence-electron chi connectivity index (χ0n) is 16.1. The molecule has 0 saturated carbocycles. The van der Waals surface area contributed by atoms with E-state index in [1.807, 2.05) is 25.1 Å². The monoisotopic (exact) mass is 394 g/mol. The van der Waals surface area contributed by atoms with Gasteiger partial charge in [-0.3, -0.25) is 14.0 Å². The Morgan fingerprint density at radius 2 is 1.90 bits per heavy atom. The lowest BCUT2D eigenvalue weighted by Gasteiger charge is -2.26. The number of hydrogen-bond acceptors (Lipinski definition) is 5. The van der Waals surface area contributed by atoms with E-state index in [1.54, 1.807) is 39.8 Å². The predicted molar refractivity (Wildman–Crippen MR) is 107 cm³/mol. The number of amides is 2. The van der Waals surface area contributed by atoms with E-state index in [0.29, 0.717) is 49.9 Å². The second-order valence-electron chi connectivity index (χ2n) is 6.53. The molecule has 3 heterocycles. The fourth-order valence-corrected chi connectivity index (χ4v) is 3.30. The molecule has 0 aliphatic carbocycles. The van der Waals surface area contributed by atoms with Crippen molar-refractivity contribution in [2.45, 2.75) is 6.92 Å². The zero-order chi connectivity index (χ0) is 20.2. The number of carbonyl (C=O) groups excluding carboxylic acids is 2. The highest BCUT2D eigenvalue weighted by Crippen LogP contribution is 2.25. The van der Waals surface area contributed by atoms with Gasteiger partial charge in [-0.25, -0.2) is 4.98 Å². The van der Waals surface area contributed by atoms with Gasteiger partial charge in [-0.05, 0) is 31.2 Å². The molecule has 0 atom stereocenters. The number of nitrogens with one attached hydrogen (secondary N) is 1. The third kappa shape index (κ3) is 3.79. The van der Waals surface area contributed by atoms with E-state index in [4.69, 9.17) is 9.47 Å². The van der Waals surface area contributed by atoms with Crippen LogP contribution >= 0.6 is 0 Å². The summed E-state index contributed by atoms with van der Waals surface area (Å²) in [5.74, 6) is 0.173. The first kappa shape index (κ1) is 18.9. The first-order valence-corrected chi connectivity index (χ1v) is 9.56. The summed E-state index contributed by atoms with van der Waals surface area (Å²) in [7, 11) is 0. The number of benzene rings is 1. The Bertz CT molecular complexity index is 1040. The van der Waals surface area contributed by atoms with Crippen LogP contribution in [-0.2, 0) is 4.74 Å². The average molecular weight is 394 g/mol. The number of morpholine rings is 1. The molecule has 0 unspecified atom stereocenters. The number of hydrogen-bond donors (Lipinski definition) is 1. The van der Waals surface area contributed by atoms with Gasteiger partial charge in [0.2, 0.25) is 5.82 Å². The lowest BCUT2D eigenvalue weighted by atomic mass is 10.2. The number of aromatic nitrogens is 2. The Morgan fingerprint density at radius 1 is 1.14 bits per heavy atom. The molecule has 0 bridgehead atoms. The second-order valence-corrected chi connectivity index (χ2v) is 6.53. The second kappa shape index (κ2) is 8.32. The maximum absolute atomic E-state index is 13.0. The largest absolute Gasteiger partial charge is 0.492 e. The summed E-state index contributed by atoms with van der Waals surface area (Å²) in [6.45, 7) is 4.37. The van der Waals surface area contributed by atoms with E-state index in [-0.39, 0.29) is 17.4 Å². The Labute approximate surface area is 168 Å². The Balaban J connectivity index is 1.67. The quantitative estimate of drug-likeness (QED) is 0.719. The highest BCUT2D eigenvalue weighted by Gasteiger charge is 2.26. The molecule has 29 heavy (non-hydrogen) atoms. The van der Waals surface area contributed by atoms with Gasteiger partial charge in [-0.1, -0.05) is 18.2 Å². The molecule has 0 spiro atoms. The molecule has 1 fully saturated rings. The summed E-state index contributed by atoms with van der Waals surface area (Å²) in [5.41, 5.74) is 1.31. The SMILES string of the molecule is CCOc1ccccc1NC(=O)c1nc(C(=O)N2CCOCC2)n2ccccc12. The molecule has 1 aliphatic rings. The van der Waals surface area contributed by atoms with Gasteiger partial charge in [0.05, 0.1) is 31.0 Å². The van der Waals surface area contributed by atoms with Crippen molar-refractivity contribution in [2.75, 3.05) is 38.2 Å². The fraction of sp³-hybridized carbons (Fsp3) is 0.286. The van der Waals surface area contributed by atoms with Crippen LogP contribution in [0.15, 0.2) is 48.7 Å². The number of rotatable bonds is 5. The summed E-state index contributed by atoms with van der Waals surface area (Å²) >= 11 is 0. The fourth-order valence-electron chi connectivity index (χ4n) is 3.30. The lowest BCUT2D eigenvalue weighted by Crippen LogP contribution is -2.41. The number of carbonyl (C=O) groups is 2. The summed E-state index contributed by atoms with van der Waals surface area (Å²) in [6.07, 6.45) is 1.74. The average Bonchev–Trinajstić information content (AvgIpc) is 3.15. The molecule has 1 N–H and O–H groups in total. The van der Waals surface area contributed by atoms with Gasteiger partial charge >= 0.3 is 0 Å². The molecule has 2 aromatic heterocycles. The van der Waals surface area contributed by atoms with Gasteiger partial charge in [0, 0.05) is 19.3 Å². The van der Waals surface area contributed by atoms with Gasteiger partial charge < -0.3 is 19.7 Å². The van der Waals surface area contributed by atoms with Crippen molar-refractivity contribution in [1.82, 2.24) is 14.3 Å². The smallest absolute Gasteiger partial charge is 0.290 e. The maximum atomic E-state index is 13.0. The molecule has 8 nitrogen and oxygen atoms in total. The first-order valence-electron chi connectivity index (χ1n) is 9.56. The van der Waals surface area contributed by atoms with Crippen molar-refractivity contribution < 1.29 is 19.1 Å². The molecule has 0 radical (unpaired) electrons. The summed E-state index contributed by atoms with van der Waals surface area (Å²) in [6, 6.07) is 12.6. The third-order valence-electron chi connectivity index (χ3n) is 4.69. The molecule has 1 aliphatic heterocycles. The van der Waals surface area contributed by atoms with Crippen LogP contribution in [0.25, 0.3) is 5.52 Å². The van der Waals surface area contributed by atoms with Crippen LogP contribution in [0.5, 0.6) is 5.75 Å². The van der Waals surface area contributed by atoms with Gasteiger partial charge in [0.15, 0.2) is 5.69 Å². The first-order chi connectivity index (χ1) is 14.2. The molecule has 2 amide bonds. The van der Waals surface area contributed by atoms with Crippen molar-refractivity contribution in [3.05, 3.63) is 60.2 Å². The minimum Gasteiger partial charge on any atom is -0.492 e. The number of imidazole rings is 1. The van der Waals surface area contributed by atoms with Crippen LogP contribution in [0.3, 0.4) is 0 Å². The van der Waals surface area contributed by atoms with Gasteiger partial charge in [-0.15, -0.1) is 0 Å². The number of anilines is 1. The van der Waals surface area contributed by atoms with E-state index in [9.17, 15) is 9.59 Å². The molecular formula is C21H22N4O4. The van der Waals surface area contributed by atoms with E-state index < -0.39 is 5.91 Å². The Hall–Kier alpha value is -3.39. The van der Waals surface area contributed by atoms with Gasteiger partial charge in [0.1, 0.15) is 5.75 Å². The van der Waals surface area contributed by atoms with Crippen molar-refractivity contribution >= 4 is 23.0 Å².